The Morgan fingerprint density at radius 2 is 2.28 bits per heavy atom. The zero-order chi connectivity index (χ0) is 17.8. The predicted molar refractivity (Wildman–Crippen MR) is 92.4 cm³/mol. The molecule has 3 rings (SSSR count). The molecule has 6 nitrogen and oxygen atoms in total. The average molecular weight is 347 g/mol. The Kier molecular flexibility index (Phi) is 5.33. The number of carbonyl (C=O) groups is 1. The molecule has 0 bridgehead atoms. The van der Waals surface area contributed by atoms with Gasteiger partial charge in [-0.1, -0.05) is 13.8 Å². The van der Waals surface area contributed by atoms with Crippen molar-refractivity contribution in [2.24, 2.45) is 0 Å². The first-order valence-electron chi connectivity index (χ1n) is 8.44. The van der Waals surface area contributed by atoms with Gasteiger partial charge in [0.15, 0.2) is 12.1 Å². The number of hydrogen-bond acceptors (Lipinski definition) is 5. The van der Waals surface area contributed by atoms with Crippen LogP contribution in [0.25, 0.3) is 0 Å². The van der Waals surface area contributed by atoms with Crippen molar-refractivity contribution in [1.82, 2.24) is 4.98 Å². The number of rotatable bonds is 6. The fraction of sp³-hybridized carbons (Fsp3) is 0.444. The Bertz CT molecular complexity index is 739. The summed E-state index contributed by atoms with van der Waals surface area (Å²) >= 11 is 0. The maximum atomic E-state index is 14.2. The minimum Gasteiger partial charge on any atom is -0.447 e. The summed E-state index contributed by atoms with van der Waals surface area (Å²) in [7, 11) is 0. The molecule has 0 saturated carbocycles. The number of oxazole rings is 1. The molecule has 1 fully saturated rings. The maximum absolute atomic E-state index is 14.2. The zero-order valence-electron chi connectivity index (χ0n) is 14.3. The van der Waals surface area contributed by atoms with Gasteiger partial charge in [0.2, 0.25) is 0 Å². The van der Waals surface area contributed by atoms with Crippen molar-refractivity contribution in [3.05, 3.63) is 41.9 Å². The molecular weight excluding hydrogens is 325 g/mol. The van der Waals surface area contributed by atoms with Crippen LogP contribution in [-0.2, 0) is 4.74 Å². The summed E-state index contributed by atoms with van der Waals surface area (Å²) in [5, 5.41) is 5.70. The smallest absolute Gasteiger partial charge is 0.277 e. The highest BCUT2D eigenvalue weighted by Gasteiger charge is 2.20. The van der Waals surface area contributed by atoms with Gasteiger partial charge in [0.05, 0.1) is 11.8 Å². The van der Waals surface area contributed by atoms with Gasteiger partial charge in [-0.2, -0.15) is 0 Å². The van der Waals surface area contributed by atoms with Crippen LogP contribution in [0.3, 0.4) is 0 Å². The molecule has 1 aromatic carbocycles. The topological polar surface area (TPSA) is 76.4 Å². The molecular formula is C18H22FN3O3. The molecule has 1 saturated heterocycles. The molecule has 25 heavy (non-hydrogen) atoms. The van der Waals surface area contributed by atoms with E-state index in [0.29, 0.717) is 23.7 Å². The molecule has 2 N–H and O–H groups in total. The van der Waals surface area contributed by atoms with E-state index in [4.69, 9.17) is 9.15 Å². The van der Waals surface area contributed by atoms with Crippen LogP contribution in [0.1, 0.15) is 48.9 Å². The second kappa shape index (κ2) is 7.65. The van der Waals surface area contributed by atoms with E-state index in [1.165, 1.54) is 12.5 Å². The van der Waals surface area contributed by atoms with Crippen LogP contribution in [0.15, 0.2) is 29.0 Å². The van der Waals surface area contributed by atoms with Gasteiger partial charge in [0, 0.05) is 24.8 Å². The number of nitrogens with one attached hydrogen (secondary N) is 2. The lowest BCUT2D eigenvalue weighted by atomic mass is 10.1. The SMILES string of the molecule is CC(C)c1ocnc1C(=O)Nc1ccc(NC[C@H]2CCCO2)c(F)c1. The van der Waals surface area contributed by atoms with Crippen LogP contribution in [0.2, 0.25) is 0 Å². The van der Waals surface area contributed by atoms with Gasteiger partial charge >= 0.3 is 0 Å². The summed E-state index contributed by atoms with van der Waals surface area (Å²) in [5.74, 6) is -0.311. The Labute approximate surface area is 145 Å². The van der Waals surface area contributed by atoms with E-state index in [2.05, 4.69) is 15.6 Å². The summed E-state index contributed by atoms with van der Waals surface area (Å²) in [6, 6.07) is 4.53. The summed E-state index contributed by atoms with van der Waals surface area (Å²) in [6.45, 7) is 5.15. The first-order chi connectivity index (χ1) is 12.0. The molecule has 2 aromatic rings. The molecule has 1 atom stereocenters. The number of halogens is 1. The van der Waals surface area contributed by atoms with Crippen LogP contribution in [0.5, 0.6) is 0 Å². The quantitative estimate of drug-likeness (QED) is 0.832. The number of anilines is 2. The van der Waals surface area contributed by atoms with E-state index in [1.54, 1.807) is 12.1 Å². The van der Waals surface area contributed by atoms with Gasteiger partial charge in [0.1, 0.15) is 11.6 Å². The third-order valence-electron chi connectivity index (χ3n) is 4.11. The summed E-state index contributed by atoms with van der Waals surface area (Å²) in [4.78, 5) is 16.3. The van der Waals surface area contributed by atoms with E-state index >= 15 is 0 Å². The van der Waals surface area contributed by atoms with Gasteiger partial charge in [0.25, 0.3) is 5.91 Å². The molecule has 0 spiro atoms. The highest BCUT2D eigenvalue weighted by Crippen LogP contribution is 2.23. The van der Waals surface area contributed by atoms with Gasteiger partial charge in [-0.05, 0) is 31.0 Å². The largest absolute Gasteiger partial charge is 0.447 e. The molecule has 0 unspecified atom stereocenters. The van der Waals surface area contributed by atoms with E-state index in [0.717, 1.165) is 19.4 Å². The number of hydrogen-bond donors (Lipinski definition) is 2. The van der Waals surface area contributed by atoms with Gasteiger partial charge in [-0.25, -0.2) is 9.37 Å². The Hall–Kier alpha value is -2.41. The molecule has 1 amide bonds. The van der Waals surface area contributed by atoms with E-state index in [1.807, 2.05) is 13.8 Å². The molecule has 2 heterocycles. The fourth-order valence-electron chi connectivity index (χ4n) is 2.79. The maximum Gasteiger partial charge on any atom is 0.277 e. The van der Waals surface area contributed by atoms with Crippen molar-refractivity contribution < 1.29 is 18.3 Å². The number of carbonyl (C=O) groups excluding carboxylic acids is 1. The minimum absolute atomic E-state index is 0.0318. The second-order valence-electron chi connectivity index (χ2n) is 6.38. The normalized spacial score (nSPS) is 17.0. The number of nitrogens with zero attached hydrogens (tertiary/aromatic N) is 1. The molecule has 7 heteroatoms. The summed E-state index contributed by atoms with van der Waals surface area (Å²) in [6.07, 6.45) is 3.39. The summed E-state index contributed by atoms with van der Waals surface area (Å²) in [5.41, 5.74) is 0.969. The van der Waals surface area contributed by atoms with Crippen LogP contribution in [0.4, 0.5) is 15.8 Å². The highest BCUT2D eigenvalue weighted by molar-refractivity contribution is 6.03. The van der Waals surface area contributed by atoms with Gasteiger partial charge in [-0.15, -0.1) is 0 Å². The number of aromatic nitrogens is 1. The molecule has 0 radical (unpaired) electrons. The van der Waals surface area contributed by atoms with Crippen LogP contribution >= 0.6 is 0 Å². The van der Waals surface area contributed by atoms with Crippen LogP contribution in [0, 0.1) is 5.82 Å². The first-order valence-corrected chi connectivity index (χ1v) is 8.44. The minimum atomic E-state index is -0.431. The Morgan fingerprint density at radius 3 is 2.96 bits per heavy atom. The number of ether oxygens (including phenoxy) is 1. The highest BCUT2D eigenvalue weighted by atomic mass is 19.1. The van der Waals surface area contributed by atoms with Crippen molar-refractivity contribution in [1.29, 1.82) is 0 Å². The lowest BCUT2D eigenvalue weighted by molar-refractivity contribution is 0.102. The third-order valence-corrected chi connectivity index (χ3v) is 4.11. The van der Waals surface area contributed by atoms with Crippen molar-refractivity contribution >= 4 is 17.3 Å². The summed E-state index contributed by atoms with van der Waals surface area (Å²) < 4.78 is 25.0. The monoisotopic (exact) mass is 347 g/mol. The number of amides is 1. The van der Waals surface area contributed by atoms with Crippen LogP contribution in [-0.4, -0.2) is 30.1 Å². The lowest BCUT2D eigenvalue weighted by Gasteiger charge is -2.13. The number of benzene rings is 1. The van der Waals surface area contributed by atoms with E-state index in [9.17, 15) is 9.18 Å². The second-order valence-corrected chi connectivity index (χ2v) is 6.38. The lowest BCUT2D eigenvalue weighted by Crippen LogP contribution is -2.19. The van der Waals surface area contributed by atoms with Crippen molar-refractivity contribution in [2.45, 2.75) is 38.7 Å². The average Bonchev–Trinajstić information content (AvgIpc) is 3.25. The third kappa shape index (κ3) is 4.17. The first kappa shape index (κ1) is 17.4. The molecule has 1 aliphatic rings. The van der Waals surface area contributed by atoms with Crippen molar-refractivity contribution in [3.63, 3.8) is 0 Å². The fourth-order valence-corrected chi connectivity index (χ4v) is 2.79. The zero-order valence-corrected chi connectivity index (χ0v) is 14.3. The Balaban J connectivity index is 1.63. The van der Waals surface area contributed by atoms with Gasteiger partial charge < -0.3 is 19.8 Å². The van der Waals surface area contributed by atoms with Gasteiger partial charge in [-0.3, -0.25) is 4.79 Å². The van der Waals surface area contributed by atoms with E-state index in [-0.39, 0.29) is 17.7 Å². The standard InChI is InChI=1S/C18H22FN3O3/c1-11(2)17-16(21-10-25-17)18(23)22-12-5-6-15(14(19)8-12)20-9-13-4-3-7-24-13/h5-6,8,10-11,13,20H,3-4,7,9H2,1-2H3,(H,22,23)/t13-/m1/s1. The van der Waals surface area contributed by atoms with Crippen LogP contribution < -0.4 is 10.6 Å². The van der Waals surface area contributed by atoms with E-state index < -0.39 is 11.7 Å². The van der Waals surface area contributed by atoms with Crippen molar-refractivity contribution in [3.8, 4) is 0 Å². The predicted octanol–water partition coefficient (Wildman–Crippen LogP) is 3.78. The molecule has 134 valence electrons. The molecule has 0 aliphatic carbocycles. The van der Waals surface area contributed by atoms with Crippen molar-refractivity contribution in [2.75, 3.05) is 23.8 Å². The Morgan fingerprint density at radius 1 is 1.44 bits per heavy atom. The molecule has 1 aromatic heterocycles. The molecule has 1 aliphatic heterocycles.